The third-order valence-electron chi connectivity index (χ3n) is 2.66. The third kappa shape index (κ3) is 5.64. The Morgan fingerprint density at radius 3 is 2.79 bits per heavy atom. The Balaban J connectivity index is 2.70. The van der Waals surface area contributed by atoms with Crippen LogP contribution in [0.15, 0.2) is 23.2 Å². The van der Waals surface area contributed by atoms with Crippen molar-refractivity contribution < 1.29 is 4.74 Å². The number of aliphatic imine (C=N–C) groups is 1. The zero-order valence-corrected chi connectivity index (χ0v) is 12.2. The van der Waals surface area contributed by atoms with Gasteiger partial charge in [-0.15, -0.1) is 0 Å². The van der Waals surface area contributed by atoms with Crippen LogP contribution in [0.2, 0.25) is 0 Å². The standard InChI is InChI=1S/C15H25N3O/c1-4-8-17-15(16)18-11-13-7-6-12(3)10-14(13)19-9-5-2/h6-7,10H,4-5,8-9,11H2,1-3H3,(H3,16,17,18). The molecular weight excluding hydrogens is 238 g/mol. The number of nitrogens with one attached hydrogen (secondary N) is 1. The van der Waals surface area contributed by atoms with Gasteiger partial charge in [0.25, 0.3) is 0 Å². The van der Waals surface area contributed by atoms with E-state index in [4.69, 9.17) is 10.5 Å². The Kier molecular flexibility index (Phi) is 6.79. The van der Waals surface area contributed by atoms with Crippen molar-refractivity contribution in [3.8, 4) is 5.75 Å². The van der Waals surface area contributed by atoms with Crippen LogP contribution in [0.5, 0.6) is 5.75 Å². The molecule has 1 aromatic rings. The van der Waals surface area contributed by atoms with Gasteiger partial charge >= 0.3 is 0 Å². The van der Waals surface area contributed by atoms with Gasteiger partial charge in [-0.2, -0.15) is 0 Å². The zero-order chi connectivity index (χ0) is 14.1. The molecular formula is C15H25N3O. The van der Waals surface area contributed by atoms with Gasteiger partial charge < -0.3 is 15.8 Å². The van der Waals surface area contributed by atoms with Crippen molar-refractivity contribution in [1.82, 2.24) is 5.32 Å². The second kappa shape index (κ2) is 8.40. The fourth-order valence-corrected chi connectivity index (χ4v) is 1.62. The van der Waals surface area contributed by atoms with Crippen molar-refractivity contribution in [2.45, 2.75) is 40.2 Å². The lowest BCUT2D eigenvalue weighted by molar-refractivity contribution is 0.314. The lowest BCUT2D eigenvalue weighted by Gasteiger charge is -2.11. The highest BCUT2D eigenvalue weighted by molar-refractivity contribution is 5.77. The molecule has 0 saturated carbocycles. The first kappa shape index (κ1) is 15.3. The highest BCUT2D eigenvalue weighted by Gasteiger charge is 2.03. The molecule has 0 bridgehead atoms. The molecule has 4 heteroatoms. The predicted octanol–water partition coefficient (Wildman–Crippen LogP) is 2.60. The Hall–Kier alpha value is -1.71. The van der Waals surface area contributed by atoms with Gasteiger partial charge in [0.15, 0.2) is 5.96 Å². The van der Waals surface area contributed by atoms with E-state index in [1.165, 1.54) is 5.56 Å². The van der Waals surface area contributed by atoms with Crippen molar-refractivity contribution in [3.05, 3.63) is 29.3 Å². The lowest BCUT2D eigenvalue weighted by atomic mass is 10.1. The number of nitrogens with zero attached hydrogens (tertiary/aromatic N) is 1. The molecule has 0 aromatic heterocycles. The van der Waals surface area contributed by atoms with Crippen LogP contribution in [-0.2, 0) is 6.54 Å². The number of guanidine groups is 1. The SMILES string of the molecule is CCCNC(N)=NCc1ccc(C)cc1OCCC. The van der Waals surface area contributed by atoms with Gasteiger partial charge in [-0.3, -0.25) is 0 Å². The van der Waals surface area contributed by atoms with Crippen molar-refractivity contribution >= 4 is 5.96 Å². The molecule has 19 heavy (non-hydrogen) atoms. The Morgan fingerprint density at radius 1 is 1.32 bits per heavy atom. The first-order valence-electron chi connectivity index (χ1n) is 6.93. The molecule has 3 N–H and O–H groups in total. The molecule has 0 aliphatic heterocycles. The van der Waals surface area contributed by atoms with Crippen LogP contribution >= 0.6 is 0 Å². The molecule has 0 aliphatic rings. The summed E-state index contributed by atoms with van der Waals surface area (Å²) < 4.78 is 5.75. The quantitative estimate of drug-likeness (QED) is 0.587. The van der Waals surface area contributed by atoms with E-state index < -0.39 is 0 Å². The monoisotopic (exact) mass is 263 g/mol. The predicted molar refractivity (Wildman–Crippen MR) is 80.6 cm³/mol. The second-order valence-corrected chi connectivity index (χ2v) is 4.59. The molecule has 1 aromatic carbocycles. The van der Waals surface area contributed by atoms with Crippen LogP contribution in [0.3, 0.4) is 0 Å². The largest absolute Gasteiger partial charge is 0.493 e. The summed E-state index contributed by atoms with van der Waals surface area (Å²) in [4.78, 5) is 4.33. The number of benzene rings is 1. The van der Waals surface area contributed by atoms with Gasteiger partial charge in [0.05, 0.1) is 13.2 Å². The van der Waals surface area contributed by atoms with Crippen LogP contribution < -0.4 is 15.8 Å². The highest BCUT2D eigenvalue weighted by atomic mass is 16.5. The summed E-state index contributed by atoms with van der Waals surface area (Å²) >= 11 is 0. The summed E-state index contributed by atoms with van der Waals surface area (Å²) in [6.45, 7) is 8.37. The smallest absolute Gasteiger partial charge is 0.188 e. The number of ether oxygens (including phenoxy) is 1. The molecule has 0 saturated heterocycles. The van der Waals surface area contributed by atoms with Gasteiger partial charge in [-0.25, -0.2) is 4.99 Å². The van der Waals surface area contributed by atoms with E-state index in [-0.39, 0.29) is 0 Å². The van der Waals surface area contributed by atoms with Gasteiger partial charge in [0.1, 0.15) is 5.75 Å². The minimum absolute atomic E-state index is 0.490. The van der Waals surface area contributed by atoms with Gasteiger partial charge in [-0.1, -0.05) is 26.0 Å². The fourth-order valence-electron chi connectivity index (χ4n) is 1.62. The molecule has 4 nitrogen and oxygen atoms in total. The maximum absolute atomic E-state index is 5.79. The molecule has 0 fully saturated rings. The van der Waals surface area contributed by atoms with Crippen molar-refractivity contribution in [2.24, 2.45) is 10.7 Å². The normalized spacial score (nSPS) is 11.4. The van der Waals surface area contributed by atoms with Crippen molar-refractivity contribution in [3.63, 3.8) is 0 Å². The average molecular weight is 263 g/mol. The van der Waals surface area contributed by atoms with Gasteiger partial charge in [0.2, 0.25) is 0 Å². The van der Waals surface area contributed by atoms with E-state index in [1.807, 2.05) is 0 Å². The number of rotatable bonds is 7. The minimum atomic E-state index is 0.490. The van der Waals surface area contributed by atoms with E-state index in [1.54, 1.807) is 0 Å². The summed E-state index contributed by atoms with van der Waals surface area (Å²) in [7, 11) is 0. The number of hydrogen-bond donors (Lipinski definition) is 2. The molecule has 1 rings (SSSR count). The lowest BCUT2D eigenvalue weighted by Crippen LogP contribution is -2.32. The van der Waals surface area contributed by atoms with Gasteiger partial charge in [0, 0.05) is 12.1 Å². The summed E-state index contributed by atoms with van der Waals surface area (Å²) in [5.74, 6) is 1.40. The number of aryl methyl sites for hydroxylation is 1. The summed E-state index contributed by atoms with van der Waals surface area (Å²) in [6.07, 6.45) is 2.03. The zero-order valence-electron chi connectivity index (χ0n) is 12.2. The van der Waals surface area contributed by atoms with E-state index in [0.717, 1.165) is 37.3 Å². The highest BCUT2D eigenvalue weighted by Crippen LogP contribution is 2.21. The Morgan fingerprint density at radius 2 is 2.11 bits per heavy atom. The molecule has 0 unspecified atom stereocenters. The van der Waals surface area contributed by atoms with Crippen LogP contribution in [0.4, 0.5) is 0 Å². The van der Waals surface area contributed by atoms with Crippen LogP contribution in [-0.4, -0.2) is 19.1 Å². The maximum atomic E-state index is 5.79. The van der Waals surface area contributed by atoms with E-state index in [0.29, 0.717) is 12.5 Å². The minimum Gasteiger partial charge on any atom is -0.493 e. The number of nitrogens with two attached hydrogens (primary N) is 1. The third-order valence-corrected chi connectivity index (χ3v) is 2.66. The van der Waals surface area contributed by atoms with Crippen LogP contribution in [0, 0.1) is 6.92 Å². The maximum Gasteiger partial charge on any atom is 0.188 e. The molecule has 0 radical (unpaired) electrons. The molecule has 106 valence electrons. The van der Waals surface area contributed by atoms with E-state index in [9.17, 15) is 0 Å². The second-order valence-electron chi connectivity index (χ2n) is 4.59. The van der Waals surface area contributed by atoms with Crippen LogP contribution in [0.25, 0.3) is 0 Å². The molecule has 0 amide bonds. The van der Waals surface area contributed by atoms with E-state index >= 15 is 0 Å². The summed E-state index contributed by atoms with van der Waals surface area (Å²) in [5, 5.41) is 3.06. The molecule has 0 spiro atoms. The Labute approximate surface area is 116 Å². The van der Waals surface area contributed by atoms with Gasteiger partial charge in [-0.05, 0) is 31.4 Å². The first-order valence-corrected chi connectivity index (χ1v) is 6.93. The van der Waals surface area contributed by atoms with Crippen LogP contribution in [0.1, 0.15) is 37.8 Å². The van der Waals surface area contributed by atoms with Crippen molar-refractivity contribution in [2.75, 3.05) is 13.2 Å². The molecule has 0 aliphatic carbocycles. The molecule has 0 heterocycles. The van der Waals surface area contributed by atoms with Crippen molar-refractivity contribution in [1.29, 1.82) is 0 Å². The summed E-state index contributed by atoms with van der Waals surface area (Å²) in [5.41, 5.74) is 8.05. The summed E-state index contributed by atoms with van der Waals surface area (Å²) in [6, 6.07) is 6.17. The number of hydrogen-bond acceptors (Lipinski definition) is 2. The Bertz CT molecular complexity index is 416. The average Bonchev–Trinajstić information content (AvgIpc) is 2.41. The fraction of sp³-hybridized carbons (Fsp3) is 0.533. The first-order chi connectivity index (χ1) is 9.17. The molecule has 0 atom stereocenters. The van der Waals surface area contributed by atoms with E-state index in [2.05, 4.69) is 49.3 Å². The topological polar surface area (TPSA) is 59.6 Å².